The highest BCUT2D eigenvalue weighted by atomic mass is 35.5. The largest absolute Gasteiger partial charge is 0.327 e. The molecule has 0 fully saturated rings. The number of nitrogens with two attached hydrogens (primary N) is 1. The maximum atomic E-state index is 10.8. The smallest absolute Gasteiger partial charge is 0.223 e. The molecule has 0 aliphatic heterocycles. The highest BCUT2D eigenvalue weighted by Crippen LogP contribution is 2.29. The number of halogens is 1. The summed E-state index contributed by atoms with van der Waals surface area (Å²) in [6, 6.07) is 0.258. The molecule has 1 aromatic rings. The van der Waals surface area contributed by atoms with Gasteiger partial charge in [0.05, 0.1) is 5.69 Å². The van der Waals surface area contributed by atoms with E-state index in [1.54, 1.807) is 11.3 Å². The van der Waals surface area contributed by atoms with Gasteiger partial charge in [0, 0.05) is 17.8 Å². The van der Waals surface area contributed by atoms with Gasteiger partial charge in [-0.2, -0.15) is 0 Å². The molecule has 0 saturated carbocycles. The molecule has 0 saturated heterocycles. The van der Waals surface area contributed by atoms with Crippen molar-refractivity contribution in [3.05, 3.63) is 10.6 Å². The number of hydrogen-bond donors (Lipinski definition) is 2. The Morgan fingerprint density at radius 2 is 2.40 bits per heavy atom. The van der Waals surface area contributed by atoms with Crippen LogP contribution in [0.15, 0.2) is 0 Å². The summed E-state index contributed by atoms with van der Waals surface area (Å²) >= 11 is 1.54. The molecule has 1 heterocycles. The van der Waals surface area contributed by atoms with Gasteiger partial charge in [-0.25, -0.2) is 4.98 Å². The van der Waals surface area contributed by atoms with Crippen molar-refractivity contribution in [2.24, 2.45) is 5.73 Å². The Hall–Kier alpha value is -0.650. The van der Waals surface area contributed by atoms with Gasteiger partial charge in [-0.3, -0.25) is 4.79 Å². The molecule has 0 bridgehead atoms. The van der Waals surface area contributed by atoms with Crippen molar-refractivity contribution in [1.29, 1.82) is 0 Å². The van der Waals surface area contributed by atoms with Gasteiger partial charge in [-0.05, 0) is 19.3 Å². The minimum absolute atomic E-state index is 0. The number of anilines is 1. The zero-order valence-corrected chi connectivity index (χ0v) is 10.1. The summed E-state index contributed by atoms with van der Waals surface area (Å²) in [5, 5.41) is 3.41. The molecular weight excluding hydrogens is 234 g/mol. The Kier molecular flexibility index (Phi) is 4.07. The lowest BCUT2D eigenvalue weighted by atomic mass is 9.99. The maximum Gasteiger partial charge on any atom is 0.223 e. The molecule has 0 radical (unpaired) electrons. The van der Waals surface area contributed by atoms with Crippen molar-refractivity contribution in [2.45, 2.75) is 32.2 Å². The quantitative estimate of drug-likeness (QED) is 0.787. The zero-order chi connectivity index (χ0) is 10.1. The van der Waals surface area contributed by atoms with Crippen LogP contribution in [0.2, 0.25) is 0 Å². The number of carbonyl (C=O) groups excluding carboxylic acids is 1. The average Bonchev–Trinajstić information content (AvgIpc) is 2.44. The lowest BCUT2D eigenvalue weighted by Crippen LogP contribution is -2.26. The zero-order valence-electron chi connectivity index (χ0n) is 8.45. The van der Waals surface area contributed by atoms with Gasteiger partial charge in [0.1, 0.15) is 0 Å². The SMILES string of the molecule is CC(=O)Nc1nc2c(s1)C[C@@H](N)CC2.Cl. The first-order chi connectivity index (χ1) is 6.65. The number of aryl methyl sites for hydroxylation is 1. The van der Waals surface area contributed by atoms with E-state index in [0.29, 0.717) is 5.13 Å². The number of amides is 1. The van der Waals surface area contributed by atoms with Gasteiger partial charge in [0.15, 0.2) is 5.13 Å². The average molecular weight is 248 g/mol. The van der Waals surface area contributed by atoms with Crippen LogP contribution >= 0.6 is 23.7 Å². The fraction of sp³-hybridized carbons (Fsp3) is 0.556. The Bertz CT molecular complexity index is 366. The van der Waals surface area contributed by atoms with E-state index >= 15 is 0 Å². The minimum atomic E-state index is -0.0691. The normalized spacial score (nSPS) is 18.9. The van der Waals surface area contributed by atoms with Crippen LogP contribution in [0.4, 0.5) is 5.13 Å². The fourth-order valence-electron chi connectivity index (χ4n) is 1.60. The highest BCUT2D eigenvalue weighted by molar-refractivity contribution is 7.15. The molecule has 3 N–H and O–H groups in total. The van der Waals surface area contributed by atoms with Crippen LogP contribution in [-0.2, 0) is 17.6 Å². The second kappa shape index (κ2) is 4.92. The molecule has 1 atom stereocenters. The Morgan fingerprint density at radius 3 is 3.07 bits per heavy atom. The first-order valence-corrected chi connectivity index (χ1v) is 5.48. The predicted molar refractivity (Wildman–Crippen MR) is 63.7 cm³/mol. The van der Waals surface area contributed by atoms with Crippen LogP contribution in [0.25, 0.3) is 0 Å². The molecule has 15 heavy (non-hydrogen) atoms. The topological polar surface area (TPSA) is 68.0 Å². The molecule has 0 unspecified atom stereocenters. The fourth-order valence-corrected chi connectivity index (χ4v) is 2.75. The number of thiazole rings is 1. The van der Waals surface area contributed by atoms with E-state index in [1.165, 1.54) is 11.8 Å². The van der Waals surface area contributed by atoms with Gasteiger partial charge in [0.25, 0.3) is 0 Å². The second-order valence-corrected chi connectivity index (χ2v) is 4.66. The number of aromatic nitrogens is 1. The van der Waals surface area contributed by atoms with Crippen molar-refractivity contribution in [3.8, 4) is 0 Å². The third kappa shape index (κ3) is 2.90. The van der Waals surface area contributed by atoms with E-state index in [2.05, 4.69) is 10.3 Å². The van der Waals surface area contributed by atoms with E-state index < -0.39 is 0 Å². The molecule has 1 aliphatic rings. The summed E-state index contributed by atoms with van der Waals surface area (Å²) in [7, 11) is 0. The maximum absolute atomic E-state index is 10.8. The molecule has 6 heteroatoms. The summed E-state index contributed by atoms with van der Waals surface area (Å²) in [5.41, 5.74) is 6.96. The van der Waals surface area contributed by atoms with Crippen molar-refractivity contribution in [3.63, 3.8) is 0 Å². The molecule has 1 aromatic heterocycles. The standard InChI is InChI=1S/C9H13N3OS.ClH/c1-5(13)11-9-12-7-3-2-6(10)4-8(7)14-9;/h6H,2-4,10H2,1H3,(H,11,12,13);1H/t6-;/m0./s1. The van der Waals surface area contributed by atoms with Crippen molar-refractivity contribution in [1.82, 2.24) is 4.98 Å². The molecule has 2 rings (SSSR count). The summed E-state index contributed by atoms with van der Waals surface area (Å²) in [6.45, 7) is 1.49. The van der Waals surface area contributed by atoms with E-state index in [1.807, 2.05) is 0 Å². The van der Waals surface area contributed by atoms with Crippen LogP contribution in [-0.4, -0.2) is 16.9 Å². The first-order valence-electron chi connectivity index (χ1n) is 4.67. The molecule has 1 aliphatic carbocycles. The van der Waals surface area contributed by atoms with Gasteiger partial charge in [-0.1, -0.05) is 0 Å². The third-order valence-corrected chi connectivity index (χ3v) is 3.30. The van der Waals surface area contributed by atoms with E-state index in [9.17, 15) is 4.79 Å². The summed E-state index contributed by atoms with van der Waals surface area (Å²) in [4.78, 5) is 16.4. The van der Waals surface area contributed by atoms with Gasteiger partial charge >= 0.3 is 0 Å². The van der Waals surface area contributed by atoms with E-state index in [0.717, 1.165) is 25.0 Å². The van der Waals surface area contributed by atoms with Crippen molar-refractivity contribution >= 4 is 34.8 Å². The van der Waals surface area contributed by atoms with Crippen LogP contribution in [0.1, 0.15) is 23.9 Å². The van der Waals surface area contributed by atoms with Crippen LogP contribution < -0.4 is 11.1 Å². The number of carbonyl (C=O) groups is 1. The van der Waals surface area contributed by atoms with Crippen LogP contribution in [0, 0.1) is 0 Å². The summed E-state index contributed by atoms with van der Waals surface area (Å²) < 4.78 is 0. The number of rotatable bonds is 1. The van der Waals surface area contributed by atoms with Gasteiger partial charge in [-0.15, -0.1) is 23.7 Å². The second-order valence-electron chi connectivity index (χ2n) is 3.57. The molecule has 4 nitrogen and oxygen atoms in total. The van der Waals surface area contributed by atoms with Crippen molar-refractivity contribution in [2.75, 3.05) is 5.32 Å². The lowest BCUT2D eigenvalue weighted by molar-refractivity contribution is -0.114. The lowest BCUT2D eigenvalue weighted by Gasteiger charge is -2.15. The Morgan fingerprint density at radius 1 is 1.67 bits per heavy atom. The molecule has 1 amide bonds. The van der Waals surface area contributed by atoms with Gasteiger partial charge < -0.3 is 11.1 Å². The van der Waals surface area contributed by atoms with Crippen LogP contribution in [0.3, 0.4) is 0 Å². The molecule has 0 aromatic carbocycles. The molecular formula is C9H14ClN3OS. The minimum Gasteiger partial charge on any atom is -0.327 e. The Labute approximate surface area is 98.7 Å². The summed E-state index contributed by atoms with van der Waals surface area (Å²) in [5.74, 6) is -0.0691. The number of fused-ring (bicyclic) bond motifs is 1. The molecule has 0 spiro atoms. The van der Waals surface area contributed by atoms with Crippen molar-refractivity contribution < 1.29 is 4.79 Å². The molecule has 84 valence electrons. The third-order valence-electron chi connectivity index (χ3n) is 2.26. The predicted octanol–water partition coefficient (Wildman–Crippen LogP) is 1.34. The monoisotopic (exact) mass is 247 g/mol. The number of hydrogen-bond acceptors (Lipinski definition) is 4. The number of nitrogens with zero attached hydrogens (tertiary/aromatic N) is 1. The van der Waals surface area contributed by atoms with E-state index in [-0.39, 0.29) is 24.4 Å². The Balaban J connectivity index is 0.00000112. The van der Waals surface area contributed by atoms with E-state index in [4.69, 9.17) is 5.73 Å². The first kappa shape index (κ1) is 12.4. The van der Waals surface area contributed by atoms with Gasteiger partial charge in [0.2, 0.25) is 5.91 Å². The summed E-state index contributed by atoms with van der Waals surface area (Å²) in [6.07, 6.45) is 2.83. The highest BCUT2D eigenvalue weighted by Gasteiger charge is 2.20. The number of nitrogens with one attached hydrogen (secondary N) is 1. The van der Waals surface area contributed by atoms with Crippen LogP contribution in [0.5, 0.6) is 0 Å².